The molecule has 0 aromatic rings. The Morgan fingerprint density at radius 1 is 1.07 bits per heavy atom. The summed E-state index contributed by atoms with van der Waals surface area (Å²) >= 11 is 0. The fourth-order valence-electron chi connectivity index (χ4n) is 2.66. The molecule has 0 saturated carbocycles. The molecule has 0 atom stereocenters. The van der Waals surface area contributed by atoms with Crippen LogP contribution >= 0.6 is 0 Å². The molecule has 0 aromatic carbocycles. The molecule has 0 amide bonds. The van der Waals surface area contributed by atoms with Gasteiger partial charge in [0.1, 0.15) is 0 Å². The smallest absolute Gasteiger partial charge is 0.0107 e. The lowest BCUT2D eigenvalue weighted by atomic mass is 9.96. The summed E-state index contributed by atoms with van der Waals surface area (Å²) in [5, 5.41) is 3.40. The molecule has 2 aliphatic heterocycles. The van der Waals surface area contributed by atoms with Crippen LogP contribution in [0.1, 0.15) is 19.8 Å². The van der Waals surface area contributed by atoms with E-state index in [2.05, 4.69) is 22.0 Å². The van der Waals surface area contributed by atoms with Crippen molar-refractivity contribution in [3.05, 3.63) is 0 Å². The summed E-state index contributed by atoms with van der Waals surface area (Å²) in [6, 6.07) is 0. The van der Waals surface area contributed by atoms with E-state index in [1.807, 2.05) is 0 Å². The van der Waals surface area contributed by atoms with Gasteiger partial charge >= 0.3 is 0 Å². The highest BCUT2D eigenvalue weighted by Crippen LogP contribution is 2.19. The second kappa shape index (κ2) is 5.83. The monoisotopic (exact) mass is 211 g/mol. The second-order valence-electron chi connectivity index (χ2n) is 5.01. The van der Waals surface area contributed by atoms with Crippen molar-refractivity contribution in [1.82, 2.24) is 15.1 Å². The van der Waals surface area contributed by atoms with Gasteiger partial charge in [-0.3, -0.25) is 0 Å². The van der Waals surface area contributed by atoms with Gasteiger partial charge in [0.25, 0.3) is 0 Å². The van der Waals surface area contributed by atoms with Gasteiger partial charge in [-0.2, -0.15) is 0 Å². The largest absolute Gasteiger partial charge is 0.314 e. The fraction of sp³-hybridized carbons (Fsp3) is 1.00. The lowest BCUT2D eigenvalue weighted by Gasteiger charge is -2.40. The maximum atomic E-state index is 3.40. The van der Waals surface area contributed by atoms with Crippen LogP contribution in [-0.4, -0.2) is 62.2 Å². The predicted octanol–water partition coefficient (Wildman–Crippen LogP) is 0.624. The van der Waals surface area contributed by atoms with Gasteiger partial charge in [-0.25, -0.2) is 0 Å². The van der Waals surface area contributed by atoms with Crippen molar-refractivity contribution in [2.75, 3.05) is 52.4 Å². The minimum absolute atomic E-state index is 0.992. The summed E-state index contributed by atoms with van der Waals surface area (Å²) in [5.74, 6) is 0.992. The summed E-state index contributed by atoms with van der Waals surface area (Å²) in [7, 11) is 0. The lowest BCUT2D eigenvalue weighted by Crippen LogP contribution is -2.49. The highest BCUT2D eigenvalue weighted by Gasteiger charge is 2.25. The molecule has 0 bridgehead atoms. The summed E-state index contributed by atoms with van der Waals surface area (Å²) < 4.78 is 0. The van der Waals surface area contributed by atoms with E-state index >= 15 is 0 Å². The van der Waals surface area contributed by atoms with Crippen molar-refractivity contribution in [2.24, 2.45) is 5.92 Å². The summed E-state index contributed by atoms with van der Waals surface area (Å²) in [4.78, 5) is 5.20. The van der Waals surface area contributed by atoms with Gasteiger partial charge in [-0.15, -0.1) is 0 Å². The van der Waals surface area contributed by atoms with E-state index in [1.54, 1.807) is 0 Å². The van der Waals surface area contributed by atoms with E-state index in [-0.39, 0.29) is 0 Å². The number of nitrogens with zero attached hydrogens (tertiary/aromatic N) is 2. The highest BCUT2D eigenvalue weighted by molar-refractivity contribution is 4.80. The number of nitrogens with one attached hydrogen (secondary N) is 1. The summed E-state index contributed by atoms with van der Waals surface area (Å²) in [6.07, 6.45) is 2.73. The topological polar surface area (TPSA) is 18.5 Å². The predicted molar refractivity (Wildman–Crippen MR) is 64.1 cm³/mol. The van der Waals surface area contributed by atoms with Crippen LogP contribution in [0, 0.1) is 5.92 Å². The molecule has 1 N–H and O–H groups in total. The van der Waals surface area contributed by atoms with Crippen molar-refractivity contribution < 1.29 is 0 Å². The van der Waals surface area contributed by atoms with Crippen LogP contribution in [0.5, 0.6) is 0 Å². The summed E-state index contributed by atoms with van der Waals surface area (Å²) in [6.45, 7) is 12.5. The summed E-state index contributed by atoms with van der Waals surface area (Å²) in [5.41, 5.74) is 0. The van der Waals surface area contributed by atoms with Gasteiger partial charge in [0.15, 0.2) is 0 Å². The first-order chi connectivity index (χ1) is 7.38. The molecule has 0 radical (unpaired) electrons. The van der Waals surface area contributed by atoms with Crippen molar-refractivity contribution >= 4 is 0 Å². The minimum atomic E-state index is 0.992. The molecule has 2 aliphatic rings. The van der Waals surface area contributed by atoms with Crippen molar-refractivity contribution in [2.45, 2.75) is 19.8 Å². The Kier molecular flexibility index (Phi) is 4.42. The van der Waals surface area contributed by atoms with Crippen LogP contribution in [0.4, 0.5) is 0 Å². The average molecular weight is 211 g/mol. The van der Waals surface area contributed by atoms with Crippen LogP contribution < -0.4 is 5.32 Å². The fourth-order valence-corrected chi connectivity index (χ4v) is 2.66. The van der Waals surface area contributed by atoms with E-state index in [1.165, 1.54) is 65.2 Å². The Balaban J connectivity index is 1.52. The van der Waals surface area contributed by atoms with Gasteiger partial charge in [0.2, 0.25) is 0 Å². The van der Waals surface area contributed by atoms with E-state index in [4.69, 9.17) is 0 Å². The Labute approximate surface area is 93.8 Å². The quantitative estimate of drug-likeness (QED) is 0.719. The van der Waals surface area contributed by atoms with Gasteiger partial charge in [-0.1, -0.05) is 6.92 Å². The number of hydrogen-bond donors (Lipinski definition) is 1. The molecule has 3 nitrogen and oxygen atoms in total. The SMILES string of the molecule is CCCN1CC(CCN2CCNCC2)C1. The number of likely N-dealkylation sites (tertiary alicyclic amines) is 1. The lowest BCUT2D eigenvalue weighted by molar-refractivity contribution is 0.0827. The standard InChI is InChI=1S/C12H25N3/c1-2-6-15-10-12(11-15)3-7-14-8-4-13-5-9-14/h12-13H,2-11H2,1H3. The Bertz CT molecular complexity index is 172. The molecular weight excluding hydrogens is 186 g/mol. The first-order valence-electron chi connectivity index (χ1n) is 6.54. The molecule has 3 heteroatoms. The third kappa shape index (κ3) is 3.44. The normalized spacial score (nSPS) is 25.4. The van der Waals surface area contributed by atoms with Crippen LogP contribution in [-0.2, 0) is 0 Å². The van der Waals surface area contributed by atoms with Gasteiger partial charge in [-0.05, 0) is 31.8 Å². The molecular formula is C12H25N3. The number of hydrogen-bond acceptors (Lipinski definition) is 3. The second-order valence-corrected chi connectivity index (χ2v) is 5.01. The Morgan fingerprint density at radius 2 is 1.80 bits per heavy atom. The van der Waals surface area contributed by atoms with Crippen molar-refractivity contribution in [1.29, 1.82) is 0 Å². The zero-order chi connectivity index (χ0) is 10.5. The molecule has 0 aliphatic carbocycles. The first-order valence-corrected chi connectivity index (χ1v) is 6.54. The van der Waals surface area contributed by atoms with E-state index in [9.17, 15) is 0 Å². The molecule has 0 aromatic heterocycles. The third-order valence-electron chi connectivity index (χ3n) is 3.64. The molecule has 2 heterocycles. The zero-order valence-corrected chi connectivity index (χ0v) is 10.0. The molecule has 88 valence electrons. The zero-order valence-electron chi connectivity index (χ0n) is 10.0. The maximum absolute atomic E-state index is 3.40. The van der Waals surface area contributed by atoms with Crippen LogP contribution in [0.3, 0.4) is 0 Å². The van der Waals surface area contributed by atoms with Crippen LogP contribution in [0.25, 0.3) is 0 Å². The number of piperazine rings is 1. The van der Waals surface area contributed by atoms with E-state index in [0.717, 1.165) is 5.92 Å². The molecule has 0 spiro atoms. The van der Waals surface area contributed by atoms with E-state index < -0.39 is 0 Å². The minimum Gasteiger partial charge on any atom is -0.314 e. The number of rotatable bonds is 5. The van der Waals surface area contributed by atoms with Crippen LogP contribution in [0.15, 0.2) is 0 Å². The highest BCUT2D eigenvalue weighted by atomic mass is 15.2. The third-order valence-corrected chi connectivity index (χ3v) is 3.64. The molecule has 2 rings (SSSR count). The van der Waals surface area contributed by atoms with Gasteiger partial charge in [0, 0.05) is 39.3 Å². The molecule has 0 unspecified atom stereocenters. The first kappa shape index (κ1) is 11.4. The van der Waals surface area contributed by atoms with Gasteiger partial charge in [0.05, 0.1) is 0 Å². The average Bonchev–Trinajstić information content (AvgIpc) is 2.23. The van der Waals surface area contributed by atoms with Gasteiger partial charge < -0.3 is 15.1 Å². The van der Waals surface area contributed by atoms with E-state index in [0.29, 0.717) is 0 Å². The Hall–Kier alpha value is -0.120. The molecule has 2 fully saturated rings. The molecule has 2 saturated heterocycles. The Morgan fingerprint density at radius 3 is 2.47 bits per heavy atom. The maximum Gasteiger partial charge on any atom is 0.0107 e. The van der Waals surface area contributed by atoms with Crippen molar-refractivity contribution in [3.63, 3.8) is 0 Å². The van der Waals surface area contributed by atoms with Crippen LogP contribution in [0.2, 0.25) is 0 Å². The molecule has 15 heavy (non-hydrogen) atoms. The van der Waals surface area contributed by atoms with Crippen molar-refractivity contribution in [3.8, 4) is 0 Å².